The minimum atomic E-state index is 0. The van der Waals surface area contributed by atoms with Crippen LogP contribution in [-0.2, 0) is 6.54 Å². The Morgan fingerprint density at radius 1 is 1.35 bits per heavy atom. The highest BCUT2D eigenvalue weighted by Crippen LogP contribution is 2.18. The maximum atomic E-state index is 5.30. The van der Waals surface area contributed by atoms with Gasteiger partial charge in [-0.3, -0.25) is 0 Å². The Morgan fingerprint density at radius 3 is 2.71 bits per heavy atom. The molecule has 4 N–H and O–H groups in total. The monoisotopic (exact) mass is 347 g/mol. The second-order valence-corrected chi connectivity index (χ2v) is 3.96. The molecule has 0 spiro atoms. The van der Waals surface area contributed by atoms with Gasteiger partial charge < -0.3 is 16.4 Å². The number of guanidine groups is 1. The van der Waals surface area contributed by atoms with Gasteiger partial charge in [-0.15, -0.1) is 24.0 Å². The van der Waals surface area contributed by atoms with Crippen LogP contribution in [0.15, 0.2) is 23.3 Å². The second-order valence-electron chi connectivity index (χ2n) is 3.96. The first-order valence-electron chi connectivity index (χ1n) is 5.51. The van der Waals surface area contributed by atoms with E-state index in [0.29, 0.717) is 6.54 Å². The molecule has 1 aliphatic rings. The Hall–Kier alpha value is -1.05. The van der Waals surface area contributed by atoms with Crippen LogP contribution >= 0.6 is 24.0 Å². The molecule has 0 radical (unpaired) electrons. The van der Waals surface area contributed by atoms with Gasteiger partial charge in [0.2, 0.25) is 0 Å². The molecule has 1 aliphatic heterocycles. The van der Waals surface area contributed by atoms with E-state index >= 15 is 0 Å². The van der Waals surface area contributed by atoms with Crippen LogP contribution in [0.3, 0.4) is 0 Å². The quantitative estimate of drug-likeness (QED) is 0.487. The van der Waals surface area contributed by atoms with E-state index in [4.69, 9.17) is 11.5 Å². The van der Waals surface area contributed by atoms with Crippen molar-refractivity contribution in [2.75, 3.05) is 18.0 Å². The zero-order valence-electron chi connectivity index (χ0n) is 9.67. The smallest absolute Gasteiger partial charge is 0.186 e. The standard InChI is InChI=1S/C11H17N5.HI/c12-11(13)15-8-9-3-4-14-10(7-9)16-5-1-2-6-16;/h3-4,7H,1-2,5-6,8H2,(H4,12,13,15);1H. The van der Waals surface area contributed by atoms with E-state index in [0.717, 1.165) is 24.5 Å². The largest absolute Gasteiger partial charge is 0.370 e. The van der Waals surface area contributed by atoms with E-state index in [1.54, 1.807) is 0 Å². The first-order chi connectivity index (χ1) is 7.75. The van der Waals surface area contributed by atoms with E-state index in [1.165, 1.54) is 12.8 Å². The normalized spacial score (nSPS) is 14.2. The molecular weight excluding hydrogens is 329 g/mol. The van der Waals surface area contributed by atoms with Crippen molar-refractivity contribution < 1.29 is 0 Å². The van der Waals surface area contributed by atoms with Crippen LogP contribution < -0.4 is 16.4 Å². The first kappa shape index (κ1) is 14.0. The third-order valence-corrected chi connectivity index (χ3v) is 2.68. The Balaban J connectivity index is 0.00000144. The van der Waals surface area contributed by atoms with Crippen LogP contribution in [0.25, 0.3) is 0 Å². The van der Waals surface area contributed by atoms with Gasteiger partial charge in [0.25, 0.3) is 0 Å². The second kappa shape index (κ2) is 6.63. The van der Waals surface area contributed by atoms with Crippen molar-refractivity contribution in [3.05, 3.63) is 23.9 Å². The lowest BCUT2D eigenvalue weighted by molar-refractivity contribution is 0.928. The minimum absolute atomic E-state index is 0. The average Bonchev–Trinajstić information content (AvgIpc) is 2.80. The third kappa shape index (κ3) is 4.03. The zero-order chi connectivity index (χ0) is 11.4. The molecule has 17 heavy (non-hydrogen) atoms. The summed E-state index contributed by atoms with van der Waals surface area (Å²) in [4.78, 5) is 10.6. The van der Waals surface area contributed by atoms with Crippen LogP contribution in [0.5, 0.6) is 0 Å². The Labute approximate surface area is 118 Å². The third-order valence-electron chi connectivity index (χ3n) is 2.68. The molecule has 0 amide bonds. The fourth-order valence-corrected chi connectivity index (χ4v) is 1.86. The van der Waals surface area contributed by atoms with Gasteiger partial charge in [0.05, 0.1) is 6.54 Å². The number of pyridine rings is 1. The fraction of sp³-hybridized carbons (Fsp3) is 0.455. The number of nitrogens with two attached hydrogens (primary N) is 2. The molecule has 0 unspecified atom stereocenters. The van der Waals surface area contributed by atoms with Crippen LogP contribution in [0.1, 0.15) is 18.4 Å². The van der Waals surface area contributed by atoms with Crippen LogP contribution in [0.4, 0.5) is 5.82 Å². The number of rotatable bonds is 3. The van der Waals surface area contributed by atoms with E-state index in [1.807, 2.05) is 12.3 Å². The molecule has 94 valence electrons. The van der Waals surface area contributed by atoms with Gasteiger partial charge >= 0.3 is 0 Å². The van der Waals surface area contributed by atoms with Crippen molar-refractivity contribution in [3.63, 3.8) is 0 Å². The summed E-state index contributed by atoms with van der Waals surface area (Å²) in [6, 6.07) is 3.99. The number of aliphatic imine (C=N–C) groups is 1. The molecule has 0 saturated carbocycles. The average molecular weight is 347 g/mol. The van der Waals surface area contributed by atoms with Gasteiger partial charge in [-0.05, 0) is 30.5 Å². The minimum Gasteiger partial charge on any atom is -0.370 e. The summed E-state index contributed by atoms with van der Waals surface area (Å²) in [5, 5.41) is 0. The fourth-order valence-electron chi connectivity index (χ4n) is 1.86. The molecule has 5 nitrogen and oxygen atoms in total. The van der Waals surface area contributed by atoms with Crippen molar-refractivity contribution in [2.45, 2.75) is 19.4 Å². The lowest BCUT2D eigenvalue weighted by Gasteiger charge is -2.16. The van der Waals surface area contributed by atoms with E-state index in [9.17, 15) is 0 Å². The number of hydrogen-bond donors (Lipinski definition) is 2. The van der Waals surface area contributed by atoms with Crippen molar-refractivity contribution in [2.24, 2.45) is 16.5 Å². The first-order valence-corrected chi connectivity index (χ1v) is 5.51. The van der Waals surface area contributed by atoms with Crippen molar-refractivity contribution in [3.8, 4) is 0 Å². The SMILES string of the molecule is I.NC(N)=NCc1ccnc(N2CCCC2)c1. The molecule has 6 heteroatoms. The summed E-state index contributed by atoms with van der Waals surface area (Å²) in [6.45, 7) is 2.71. The number of hydrogen-bond acceptors (Lipinski definition) is 3. The van der Waals surface area contributed by atoms with Crippen LogP contribution in [-0.4, -0.2) is 24.0 Å². The predicted octanol–water partition coefficient (Wildman–Crippen LogP) is 1.07. The number of aromatic nitrogens is 1. The highest BCUT2D eigenvalue weighted by atomic mass is 127. The van der Waals surface area contributed by atoms with Crippen LogP contribution in [0, 0.1) is 0 Å². The number of anilines is 1. The molecule has 0 aromatic carbocycles. The molecule has 1 aromatic rings. The Morgan fingerprint density at radius 2 is 2.06 bits per heavy atom. The maximum Gasteiger partial charge on any atom is 0.186 e. The van der Waals surface area contributed by atoms with Crippen molar-refractivity contribution in [1.29, 1.82) is 0 Å². The highest BCUT2D eigenvalue weighted by Gasteiger charge is 2.13. The summed E-state index contributed by atoms with van der Waals surface area (Å²) >= 11 is 0. The summed E-state index contributed by atoms with van der Waals surface area (Å²) in [7, 11) is 0. The molecule has 2 rings (SSSR count). The topological polar surface area (TPSA) is 80.5 Å². The summed E-state index contributed by atoms with van der Waals surface area (Å²) in [5.74, 6) is 1.15. The van der Waals surface area contributed by atoms with Crippen LogP contribution in [0.2, 0.25) is 0 Å². The highest BCUT2D eigenvalue weighted by molar-refractivity contribution is 14.0. The predicted molar refractivity (Wildman–Crippen MR) is 80.6 cm³/mol. The summed E-state index contributed by atoms with van der Waals surface area (Å²) in [6.07, 6.45) is 4.31. The van der Waals surface area contributed by atoms with Crippen molar-refractivity contribution >= 4 is 35.8 Å². The van der Waals surface area contributed by atoms with E-state index in [-0.39, 0.29) is 29.9 Å². The molecule has 1 aromatic heterocycles. The Kier molecular flexibility index (Phi) is 5.46. The van der Waals surface area contributed by atoms with Gasteiger partial charge in [0.1, 0.15) is 5.82 Å². The van der Waals surface area contributed by atoms with Crippen molar-refractivity contribution in [1.82, 2.24) is 4.98 Å². The van der Waals surface area contributed by atoms with E-state index in [2.05, 4.69) is 20.9 Å². The molecule has 0 aliphatic carbocycles. The molecule has 1 fully saturated rings. The Bertz CT molecular complexity index is 383. The molecular formula is C11H18IN5. The maximum absolute atomic E-state index is 5.30. The summed E-state index contributed by atoms with van der Waals surface area (Å²) < 4.78 is 0. The van der Waals surface area contributed by atoms with E-state index < -0.39 is 0 Å². The van der Waals surface area contributed by atoms with Gasteiger partial charge in [-0.2, -0.15) is 0 Å². The van der Waals surface area contributed by atoms with Gasteiger partial charge in [-0.1, -0.05) is 0 Å². The molecule has 2 heterocycles. The number of halogens is 1. The molecule has 1 saturated heterocycles. The zero-order valence-corrected chi connectivity index (χ0v) is 12.0. The van der Waals surface area contributed by atoms with Gasteiger partial charge in [-0.25, -0.2) is 9.98 Å². The molecule has 0 bridgehead atoms. The lowest BCUT2D eigenvalue weighted by atomic mass is 10.2. The van der Waals surface area contributed by atoms with Gasteiger partial charge in [0.15, 0.2) is 5.96 Å². The lowest BCUT2D eigenvalue weighted by Crippen LogP contribution is -2.22. The number of nitrogens with zero attached hydrogens (tertiary/aromatic N) is 3. The summed E-state index contributed by atoms with van der Waals surface area (Å²) in [5.41, 5.74) is 11.7. The molecule has 0 atom stereocenters. The van der Waals surface area contributed by atoms with Gasteiger partial charge in [0, 0.05) is 19.3 Å².